The van der Waals surface area contributed by atoms with Gasteiger partial charge < -0.3 is 10.1 Å². The fourth-order valence-corrected chi connectivity index (χ4v) is 3.27. The van der Waals surface area contributed by atoms with Crippen LogP contribution in [0.3, 0.4) is 0 Å². The number of rotatable bonds is 2. The zero-order valence-electron chi connectivity index (χ0n) is 9.01. The summed E-state index contributed by atoms with van der Waals surface area (Å²) in [5.41, 5.74) is 1.26. The molecule has 5 nitrogen and oxygen atoms in total. The average molecular weight is 249 g/mol. The predicted molar refractivity (Wildman–Crippen MR) is 65.3 cm³/mol. The zero-order chi connectivity index (χ0) is 11.8. The van der Waals surface area contributed by atoms with Gasteiger partial charge in [0, 0.05) is 6.20 Å². The molecule has 1 fully saturated rings. The summed E-state index contributed by atoms with van der Waals surface area (Å²) in [6.07, 6.45) is 3.76. The zero-order valence-corrected chi connectivity index (χ0v) is 9.83. The number of hydrogen-bond donors (Lipinski definition) is 2. The first-order valence-corrected chi connectivity index (χ1v) is 6.50. The van der Waals surface area contributed by atoms with E-state index in [9.17, 15) is 4.79 Å². The maximum absolute atomic E-state index is 11.1. The standard InChI is InChI=1S/C11H11N3O2S/c15-11(16)6-3-4-12-10-8(6)13-9(14-10)7-2-1-5-17-7/h3-4,7H,1-2,5H2,(H,15,16)(H,12,13,14). The first-order chi connectivity index (χ1) is 8.25. The third-order valence-electron chi connectivity index (χ3n) is 2.88. The highest BCUT2D eigenvalue weighted by Crippen LogP contribution is 2.38. The number of hydrogen-bond acceptors (Lipinski definition) is 4. The van der Waals surface area contributed by atoms with Crippen LogP contribution in [0.1, 0.15) is 34.3 Å². The number of aromatic nitrogens is 3. The molecule has 17 heavy (non-hydrogen) atoms. The molecule has 0 amide bonds. The summed E-state index contributed by atoms with van der Waals surface area (Å²) in [6.45, 7) is 0. The minimum atomic E-state index is -0.952. The number of carboxylic acid groups (broad SMARTS) is 1. The Balaban J connectivity index is 2.11. The number of imidazole rings is 1. The number of thioether (sulfide) groups is 1. The van der Waals surface area contributed by atoms with Gasteiger partial charge in [-0.3, -0.25) is 0 Å². The third kappa shape index (κ3) is 1.78. The molecule has 3 heterocycles. The van der Waals surface area contributed by atoms with Gasteiger partial charge in [-0.15, -0.1) is 0 Å². The Kier molecular flexibility index (Phi) is 2.51. The summed E-state index contributed by atoms with van der Waals surface area (Å²) >= 11 is 1.86. The third-order valence-corrected chi connectivity index (χ3v) is 4.26. The highest BCUT2D eigenvalue weighted by molar-refractivity contribution is 7.99. The molecule has 1 saturated heterocycles. The molecule has 88 valence electrons. The summed E-state index contributed by atoms with van der Waals surface area (Å²) in [5, 5.41) is 9.43. The fourth-order valence-electron chi connectivity index (χ4n) is 2.05. The van der Waals surface area contributed by atoms with Gasteiger partial charge in [-0.25, -0.2) is 14.8 Å². The quantitative estimate of drug-likeness (QED) is 0.853. The van der Waals surface area contributed by atoms with Gasteiger partial charge in [0.15, 0.2) is 5.65 Å². The van der Waals surface area contributed by atoms with Crippen molar-refractivity contribution < 1.29 is 9.90 Å². The summed E-state index contributed by atoms with van der Waals surface area (Å²) in [6, 6.07) is 1.49. The predicted octanol–water partition coefficient (Wildman–Crippen LogP) is 2.22. The van der Waals surface area contributed by atoms with E-state index in [1.807, 2.05) is 11.8 Å². The summed E-state index contributed by atoms with van der Waals surface area (Å²) in [7, 11) is 0. The van der Waals surface area contributed by atoms with Crippen molar-refractivity contribution in [2.75, 3.05) is 5.75 Å². The first kappa shape index (κ1) is 10.6. The summed E-state index contributed by atoms with van der Waals surface area (Å²) < 4.78 is 0. The maximum atomic E-state index is 11.1. The van der Waals surface area contributed by atoms with Gasteiger partial charge in [0.2, 0.25) is 0 Å². The molecule has 1 atom stereocenters. The van der Waals surface area contributed by atoms with E-state index in [0.29, 0.717) is 16.4 Å². The molecule has 2 aromatic heterocycles. The van der Waals surface area contributed by atoms with E-state index in [2.05, 4.69) is 15.0 Å². The van der Waals surface area contributed by atoms with Gasteiger partial charge >= 0.3 is 5.97 Å². The number of carbonyl (C=O) groups is 1. The molecule has 1 aliphatic rings. The molecular weight excluding hydrogens is 238 g/mol. The molecule has 0 spiro atoms. The monoisotopic (exact) mass is 249 g/mol. The smallest absolute Gasteiger partial charge is 0.338 e. The molecule has 2 aromatic rings. The van der Waals surface area contributed by atoms with E-state index < -0.39 is 5.97 Å². The Morgan fingerprint density at radius 3 is 3.18 bits per heavy atom. The van der Waals surface area contributed by atoms with Crippen molar-refractivity contribution >= 4 is 28.9 Å². The molecule has 0 saturated carbocycles. The Labute approximate surface area is 102 Å². The Bertz CT molecular complexity index is 575. The highest BCUT2D eigenvalue weighted by atomic mass is 32.2. The molecule has 1 aliphatic heterocycles. The number of H-pyrrole nitrogens is 1. The number of fused-ring (bicyclic) bond motifs is 1. The van der Waals surface area contributed by atoms with Crippen molar-refractivity contribution in [3.05, 3.63) is 23.7 Å². The van der Waals surface area contributed by atoms with Crippen LogP contribution in [0, 0.1) is 0 Å². The number of aromatic carboxylic acids is 1. The van der Waals surface area contributed by atoms with Gasteiger partial charge in [-0.1, -0.05) is 0 Å². The first-order valence-electron chi connectivity index (χ1n) is 5.45. The molecule has 0 aromatic carbocycles. The molecule has 2 N–H and O–H groups in total. The number of aromatic amines is 1. The van der Waals surface area contributed by atoms with Crippen molar-refractivity contribution in [1.82, 2.24) is 15.0 Å². The lowest BCUT2D eigenvalue weighted by Crippen LogP contribution is -1.98. The molecule has 3 rings (SSSR count). The van der Waals surface area contributed by atoms with Crippen LogP contribution in [0.15, 0.2) is 12.3 Å². The van der Waals surface area contributed by atoms with Gasteiger partial charge in [0.1, 0.15) is 5.82 Å². The van der Waals surface area contributed by atoms with E-state index in [0.717, 1.165) is 18.0 Å². The Morgan fingerprint density at radius 1 is 1.59 bits per heavy atom. The second kappa shape index (κ2) is 4.03. The maximum Gasteiger partial charge on any atom is 0.338 e. The van der Waals surface area contributed by atoms with Crippen LogP contribution >= 0.6 is 11.8 Å². The van der Waals surface area contributed by atoms with Crippen molar-refractivity contribution in [1.29, 1.82) is 0 Å². The van der Waals surface area contributed by atoms with Crippen LogP contribution in [-0.4, -0.2) is 31.8 Å². The second-order valence-electron chi connectivity index (χ2n) is 3.99. The highest BCUT2D eigenvalue weighted by Gasteiger charge is 2.22. The van der Waals surface area contributed by atoms with Crippen molar-refractivity contribution in [2.45, 2.75) is 18.1 Å². The minimum Gasteiger partial charge on any atom is -0.478 e. The van der Waals surface area contributed by atoms with E-state index in [1.165, 1.54) is 18.7 Å². The van der Waals surface area contributed by atoms with Gasteiger partial charge in [-0.05, 0) is 24.7 Å². The summed E-state index contributed by atoms with van der Waals surface area (Å²) in [5.74, 6) is 1.04. The second-order valence-corrected chi connectivity index (χ2v) is 5.30. The SMILES string of the molecule is O=C(O)c1ccnc2nc(C3CCCS3)[nH]c12. The van der Waals surface area contributed by atoms with E-state index >= 15 is 0 Å². The summed E-state index contributed by atoms with van der Waals surface area (Å²) in [4.78, 5) is 22.7. The average Bonchev–Trinajstić information content (AvgIpc) is 2.96. The largest absolute Gasteiger partial charge is 0.478 e. The van der Waals surface area contributed by atoms with Gasteiger partial charge in [-0.2, -0.15) is 11.8 Å². The topological polar surface area (TPSA) is 78.9 Å². The van der Waals surface area contributed by atoms with Crippen molar-refractivity contribution in [3.8, 4) is 0 Å². The number of carboxylic acids is 1. The van der Waals surface area contributed by atoms with Crippen LogP contribution in [0.2, 0.25) is 0 Å². The van der Waals surface area contributed by atoms with Crippen molar-refractivity contribution in [3.63, 3.8) is 0 Å². The molecule has 0 bridgehead atoms. The number of pyridine rings is 1. The molecule has 0 radical (unpaired) electrons. The van der Waals surface area contributed by atoms with Crippen LogP contribution in [-0.2, 0) is 0 Å². The molecule has 0 aliphatic carbocycles. The minimum absolute atomic E-state index is 0.233. The fraction of sp³-hybridized carbons (Fsp3) is 0.364. The molecule has 1 unspecified atom stereocenters. The Morgan fingerprint density at radius 2 is 2.47 bits per heavy atom. The molecule has 6 heteroatoms. The normalized spacial score (nSPS) is 19.9. The lowest BCUT2D eigenvalue weighted by Gasteiger charge is -2.02. The lowest BCUT2D eigenvalue weighted by molar-refractivity contribution is 0.0699. The number of nitrogens with zero attached hydrogens (tertiary/aromatic N) is 2. The van der Waals surface area contributed by atoms with E-state index in [1.54, 1.807) is 0 Å². The van der Waals surface area contributed by atoms with E-state index in [-0.39, 0.29) is 5.56 Å². The lowest BCUT2D eigenvalue weighted by atomic mass is 10.2. The van der Waals surface area contributed by atoms with Gasteiger partial charge in [0.25, 0.3) is 0 Å². The van der Waals surface area contributed by atoms with Crippen LogP contribution in [0.4, 0.5) is 0 Å². The Hall–Kier alpha value is -1.56. The van der Waals surface area contributed by atoms with E-state index in [4.69, 9.17) is 5.11 Å². The van der Waals surface area contributed by atoms with Crippen molar-refractivity contribution in [2.24, 2.45) is 0 Å². The van der Waals surface area contributed by atoms with Crippen LogP contribution in [0.25, 0.3) is 11.2 Å². The number of nitrogens with one attached hydrogen (secondary N) is 1. The van der Waals surface area contributed by atoms with Crippen LogP contribution in [0.5, 0.6) is 0 Å². The van der Waals surface area contributed by atoms with Gasteiger partial charge in [0.05, 0.1) is 16.3 Å². The van der Waals surface area contributed by atoms with Crippen LogP contribution < -0.4 is 0 Å². The molecular formula is C11H11N3O2S.